The van der Waals surface area contributed by atoms with Gasteiger partial charge in [-0.15, -0.1) is 0 Å². The lowest BCUT2D eigenvalue weighted by atomic mass is 10.3. The van der Waals surface area contributed by atoms with Crippen LogP contribution in [-0.4, -0.2) is 27.9 Å². The van der Waals surface area contributed by atoms with Crippen LogP contribution in [0.5, 0.6) is 0 Å². The number of hydrogen-bond acceptors (Lipinski definition) is 2. The van der Waals surface area contributed by atoms with Crippen LogP contribution < -0.4 is 0 Å². The molecule has 1 fully saturated rings. The summed E-state index contributed by atoms with van der Waals surface area (Å²) in [7, 11) is -2.33. The topological polar surface area (TPSA) is 44.2 Å². The molecule has 1 rings (SSSR count). The zero-order chi connectivity index (χ0) is 6.20. The highest BCUT2D eigenvalue weighted by Crippen LogP contribution is 2.09. The van der Waals surface area contributed by atoms with Crippen molar-refractivity contribution in [2.24, 2.45) is 0 Å². The third-order valence-corrected chi connectivity index (χ3v) is 2.66. The lowest BCUT2D eigenvalue weighted by Crippen LogP contribution is -2.40. The molecule has 1 N–H and O–H groups in total. The first-order chi connectivity index (χ1) is 3.61. The number of nitrogens with zero attached hydrogens (tertiary/aromatic N) is 1. The maximum atomic E-state index is 10.8. The molecule has 48 valence electrons. The van der Waals surface area contributed by atoms with Crippen LogP contribution in [0.2, 0.25) is 0 Å². The Kier molecular flexibility index (Phi) is 1.28. The summed E-state index contributed by atoms with van der Waals surface area (Å²) in [6.45, 7) is 1.69. The van der Waals surface area contributed by atoms with Gasteiger partial charge in [0.15, 0.2) is 0 Å². The molecule has 1 aliphatic rings. The third kappa shape index (κ3) is 1.00. The molecule has 4 heteroatoms. The van der Waals surface area contributed by atoms with E-state index in [2.05, 4.69) is 0 Å². The van der Waals surface area contributed by atoms with Crippen LogP contribution >= 0.6 is 0 Å². The van der Waals surface area contributed by atoms with Gasteiger partial charge in [-0.25, -0.2) is 13.3 Å². The molecule has 0 aliphatic carbocycles. The molecule has 1 unspecified atom stereocenters. The summed E-state index contributed by atoms with van der Waals surface area (Å²) in [5.74, 6) is 0. The van der Waals surface area contributed by atoms with Crippen molar-refractivity contribution in [3.63, 3.8) is 0 Å². The van der Waals surface area contributed by atoms with Gasteiger partial charge in [0, 0.05) is 19.3 Å². The molecule has 0 bridgehead atoms. The molecule has 0 saturated carbocycles. The van der Waals surface area contributed by atoms with Gasteiger partial charge >= 0.3 is 0 Å². The fraction of sp³-hybridized carbons (Fsp3) is 1.00. The van der Waals surface area contributed by atoms with Gasteiger partial charge in [0.2, 0.25) is 0 Å². The van der Waals surface area contributed by atoms with E-state index in [4.69, 9.17) is 4.78 Å². The Morgan fingerprint density at radius 2 is 2.12 bits per heavy atom. The van der Waals surface area contributed by atoms with Gasteiger partial charge in [-0.3, -0.25) is 0 Å². The number of hydrogen-bond donors (Lipinski definition) is 1. The fourth-order valence-corrected chi connectivity index (χ4v) is 1.59. The minimum absolute atomic E-state index is 0.846. The number of rotatable bonds is 1. The molecule has 3 nitrogen and oxygen atoms in total. The van der Waals surface area contributed by atoms with E-state index in [9.17, 15) is 4.21 Å². The standard InChI is InChI=1S/C4H10N2OS/c1-8(5,7)6-3-2-4-6/h5H,2-4H2,1H3. The van der Waals surface area contributed by atoms with E-state index in [0.29, 0.717) is 0 Å². The second-order valence-corrected chi connectivity index (χ2v) is 4.21. The van der Waals surface area contributed by atoms with Crippen LogP contribution in [-0.2, 0) is 9.92 Å². The van der Waals surface area contributed by atoms with Crippen molar-refractivity contribution < 1.29 is 4.21 Å². The van der Waals surface area contributed by atoms with Gasteiger partial charge < -0.3 is 0 Å². The molecule has 0 spiro atoms. The second-order valence-electron chi connectivity index (χ2n) is 2.09. The monoisotopic (exact) mass is 134 g/mol. The smallest absolute Gasteiger partial charge is 0.104 e. The summed E-state index contributed by atoms with van der Waals surface area (Å²) < 4.78 is 19.5. The Hall–Kier alpha value is -0.0900. The van der Waals surface area contributed by atoms with E-state index >= 15 is 0 Å². The highest BCUT2D eigenvalue weighted by atomic mass is 32.2. The Morgan fingerprint density at radius 3 is 2.12 bits per heavy atom. The summed E-state index contributed by atoms with van der Waals surface area (Å²) in [5, 5.41) is 0. The molecule has 1 atom stereocenters. The third-order valence-electron chi connectivity index (χ3n) is 1.31. The SMILES string of the molecule is CS(=N)(=O)N1CCC1. The summed E-state index contributed by atoms with van der Waals surface area (Å²) >= 11 is 0. The molecule has 8 heavy (non-hydrogen) atoms. The van der Waals surface area contributed by atoms with Crippen LogP contribution in [0.25, 0.3) is 0 Å². The summed E-state index contributed by atoms with van der Waals surface area (Å²) in [5.41, 5.74) is 0. The largest absolute Gasteiger partial charge is 0.240 e. The maximum Gasteiger partial charge on any atom is 0.104 e. The first-order valence-electron chi connectivity index (χ1n) is 2.59. The lowest BCUT2D eigenvalue weighted by molar-refractivity contribution is 0.324. The van der Waals surface area contributed by atoms with E-state index in [1.165, 1.54) is 6.26 Å². The molecule has 0 amide bonds. The Bertz CT molecular complexity index is 168. The Morgan fingerprint density at radius 1 is 1.62 bits per heavy atom. The van der Waals surface area contributed by atoms with Crippen molar-refractivity contribution in [1.29, 1.82) is 4.78 Å². The van der Waals surface area contributed by atoms with Crippen molar-refractivity contribution >= 4 is 9.92 Å². The highest BCUT2D eigenvalue weighted by Gasteiger charge is 2.19. The van der Waals surface area contributed by atoms with E-state index in [1.807, 2.05) is 0 Å². The van der Waals surface area contributed by atoms with Gasteiger partial charge in [-0.05, 0) is 6.42 Å². The van der Waals surface area contributed by atoms with Gasteiger partial charge in [0.25, 0.3) is 0 Å². The average Bonchev–Trinajstić information content (AvgIpc) is 1.16. The van der Waals surface area contributed by atoms with Crippen molar-refractivity contribution in [3.8, 4) is 0 Å². The first kappa shape index (κ1) is 6.04. The van der Waals surface area contributed by atoms with Crippen molar-refractivity contribution in [1.82, 2.24) is 4.31 Å². The number of nitrogens with one attached hydrogen (secondary N) is 1. The molecule has 1 heterocycles. The van der Waals surface area contributed by atoms with E-state index < -0.39 is 9.92 Å². The predicted molar refractivity (Wildman–Crippen MR) is 33.0 cm³/mol. The quantitative estimate of drug-likeness (QED) is 0.550. The maximum absolute atomic E-state index is 10.8. The van der Waals surface area contributed by atoms with Crippen LogP contribution in [0, 0.1) is 4.78 Å². The lowest BCUT2D eigenvalue weighted by Gasteiger charge is -2.29. The van der Waals surface area contributed by atoms with Crippen LogP contribution in [0.4, 0.5) is 0 Å². The molecule has 0 aromatic rings. The minimum Gasteiger partial charge on any atom is -0.240 e. The average molecular weight is 134 g/mol. The Balaban J connectivity index is 2.60. The van der Waals surface area contributed by atoms with Crippen LogP contribution in [0.1, 0.15) is 6.42 Å². The normalized spacial score (nSPS) is 28.6. The zero-order valence-electron chi connectivity index (χ0n) is 4.89. The van der Waals surface area contributed by atoms with Gasteiger partial charge in [0.1, 0.15) is 9.92 Å². The van der Waals surface area contributed by atoms with Gasteiger partial charge in [-0.2, -0.15) is 0 Å². The summed E-state index contributed by atoms with van der Waals surface area (Å²) in [6.07, 6.45) is 2.57. The van der Waals surface area contributed by atoms with E-state index in [-0.39, 0.29) is 0 Å². The van der Waals surface area contributed by atoms with Crippen molar-refractivity contribution in [2.45, 2.75) is 6.42 Å². The molecular weight excluding hydrogens is 124 g/mol. The zero-order valence-corrected chi connectivity index (χ0v) is 5.70. The first-order valence-corrected chi connectivity index (χ1v) is 4.52. The second kappa shape index (κ2) is 1.70. The molecule has 1 saturated heterocycles. The molecule has 1 aliphatic heterocycles. The summed E-state index contributed by atoms with van der Waals surface area (Å²) in [6, 6.07) is 0. The van der Waals surface area contributed by atoms with Crippen LogP contribution in [0.3, 0.4) is 0 Å². The summed E-state index contributed by atoms with van der Waals surface area (Å²) in [4.78, 5) is 0. The minimum atomic E-state index is -2.33. The molecule has 0 aromatic heterocycles. The van der Waals surface area contributed by atoms with E-state index in [0.717, 1.165) is 19.5 Å². The highest BCUT2D eigenvalue weighted by molar-refractivity contribution is 7.89. The van der Waals surface area contributed by atoms with Crippen molar-refractivity contribution in [2.75, 3.05) is 19.3 Å². The molecule has 0 aromatic carbocycles. The van der Waals surface area contributed by atoms with Gasteiger partial charge in [0.05, 0.1) is 0 Å². The molecular formula is C4H10N2OS. The Labute approximate surface area is 49.8 Å². The molecule has 0 radical (unpaired) electrons. The van der Waals surface area contributed by atoms with Gasteiger partial charge in [-0.1, -0.05) is 0 Å². The van der Waals surface area contributed by atoms with Crippen LogP contribution in [0.15, 0.2) is 0 Å². The van der Waals surface area contributed by atoms with Crippen molar-refractivity contribution in [3.05, 3.63) is 0 Å². The van der Waals surface area contributed by atoms with E-state index in [1.54, 1.807) is 4.31 Å². The fourth-order valence-electron chi connectivity index (χ4n) is 0.636. The predicted octanol–water partition coefficient (Wildman–Crippen LogP) is 0.284.